The highest BCUT2D eigenvalue weighted by Crippen LogP contribution is 2.19. The third kappa shape index (κ3) is 2.30. The monoisotopic (exact) mass is 237 g/mol. The molecule has 1 N–H and O–H groups in total. The molecule has 0 saturated carbocycles. The third-order valence-electron chi connectivity index (χ3n) is 3.13. The van der Waals surface area contributed by atoms with Gasteiger partial charge < -0.3 is 10.0 Å². The van der Waals surface area contributed by atoms with Crippen molar-refractivity contribution in [2.45, 2.75) is 19.4 Å². The molecule has 0 bridgehead atoms. The molecule has 0 spiro atoms. The average Bonchev–Trinajstić information content (AvgIpc) is 2.97. The number of carboxylic acids is 1. The second-order valence-corrected chi connectivity index (χ2v) is 4.27. The van der Waals surface area contributed by atoms with Gasteiger partial charge in [-0.1, -0.05) is 0 Å². The van der Waals surface area contributed by atoms with Crippen molar-refractivity contribution in [3.63, 3.8) is 0 Å². The van der Waals surface area contributed by atoms with Gasteiger partial charge in [-0.3, -0.25) is 14.3 Å². The Hall–Kier alpha value is -1.85. The maximum absolute atomic E-state index is 12.1. The Balaban J connectivity index is 2.00. The van der Waals surface area contributed by atoms with E-state index in [-0.39, 0.29) is 11.9 Å². The van der Waals surface area contributed by atoms with Gasteiger partial charge in [-0.25, -0.2) is 0 Å². The smallest absolute Gasteiger partial charge is 0.308 e. The molecule has 92 valence electrons. The largest absolute Gasteiger partial charge is 0.481 e. The minimum absolute atomic E-state index is 0.0718. The van der Waals surface area contributed by atoms with Gasteiger partial charge in [0.15, 0.2) is 0 Å². The van der Waals surface area contributed by atoms with E-state index in [2.05, 4.69) is 5.10 Å². The molecule has 6 heteroatoms. The molecule has 0 unspecified atom stereocenters. The molecular formula is C11H15N3O3. The van der Waals surface area contributed by atoms with Crippen molar-refractivity contribution < 1.29 is 14.7 Å². The summed E-state index contributed by atoms with van der Waals surface area (Å²) in [6.45, 7) is 2.59. The lowest BCUT2D eigenvalue weighted by Gasteiger charge is -2.20. The highest BCUT2D eigenvalue weighted by atomic mass is 16.4. The number of carbonyl (C=O) groups is 2. The van der Waals surface area contributed by atoms with Gasteiger partial charge in [-0.15, -0.1) is 0 Å². The third-order valence-corrected chi connectivity index (χ3v) is 3.13. The van der Waals surface area contributed by atoms with E-state index in [1.165, 1.54) is 0 Å². The van der Waals surface area contributed by atoms with Gasteiger partial charge in [0.1, 0.15) is 6.04 Å². The predicted molar refractivity (Wildman–Crippen MR) is 59.3 cm³/mol. The maximum Gasteiger partial charge on any atom is 0.308 e. The molecule has 0 radical (unpaired) electrons. The molecule has 1 aliphatic heterocycles. The Morgan fingerprint density at radius 3 is 2.82 bits per heavy atom. The zero-order chi connectivity index (χ0) is 12.4. The number of carbonyl (C=O) groups excluding carboxylic acids is 1. The lowest BCUT2D eigenvalue weighted by atomic mass is 10.1. The Kier molecular flexibility index (Phi) is 3.12. The Morgan fingerprint density at radius 2 is 2.29 bits per heavy atom. The molecule has 1 aromatic heterocycles. The van der Waals surface area contributed by atoms with Crippen LogP contribution in [-0.4, -0.2) is 44.8 Å². The standard InChI is InChI=1S/C11H15N3O3/c1-8(14-5-2-4-12-14)10(15)13-6-3-9(7-13)11(16)17/h2,4-5,8-9H,3,6-7H2,1H3,(H,16,17)/t8-,9-/m1/s1. The second-order valence-electron chi connectivity index (χ2n) is 4.27. The molecular weight excluding hydrogens is 222 g/mol. The van der Waals surface area contributed by atoms with Crippen LogP contribution in [0, 0.1) is 5.92 Å². The summed E-state index contributed by atoms with van der Waals surface area (Å²) in [7, 11) is 0. The number of amides is 1. The van der Waals surface area contributed by atoms with E-state index in [1.54, 1.807) is 35.0 Å². The average molecular weight is 237 g/mol. The van der Waals surface area contributed by atoms with Crippen LogP contribution in [-0.2, 0) is 9.59 Å². The summed E-state index contributed by atoms with van der Waals surface area (Å²) >= 11 is 0. The van der Waals surface area contributed by atoms with Gasteiger partial charge in [-0.2, -0.15) is 5.10 Å². The fourth-order valence-corrected chi connectivity index (χ4v) is 2.05. The zero-order valence-electron chi connectivity index (χ0n) is 9.61. The van der Waals surface area contributed by atoms with Crippen LogP contribution in [0.3, 0.4) is 0 Å². The zero-order valence-corrected chi connectivity index (χ0v) is 9.61. The quantitative estimate of drug-likeness (QED) is 0.824. The number of hydrogen-bond donors (Lipinski definition) is 1. The van der Waals surface area contributed by atoms with Crippen molar-refractivity contribution in [3.8, 4) is 0 Å². The van der Waals surface area contributed by atoms with E-state index < -0.39 is 11.9 Å². The first-order valence-electron chi connectivity index (χ1n) is 5.60. The van der Waals surface area contributed by atoms with Crippen molar-refractivity contribution in [3.05, 3.63) is 18.5 Å². The van der Waals surface area contributed by atoms with E-state index in [1.807, 2.05) is 0 Å². The molecule has 1 aromatic rings. The SMILES string of the molecule is C[C@H](C(=O)N1CC[C@@H](C(=O)O)C1)n1cccn1. The molecule has 6 nitrogen and oxygen atoms in total. The van der Waals surface area contributed by atoms with Crippen molar-refractivity contribution in [1.29, 1.82) is 0 Å². The van der Waals surface area contributed by atoms with Crippen LogP contribution in [0.5, 0.6) is 0 Å². The lowest BCUT2D eigenvalue weighted by molar-refractivity contribution is -0.141. The van der Waals surface area contributed by atoms with Gasteiger partial charge in [0, 0.05) is 25.5 Å². The fraction of sp³-hybridized carbons (Fsp3) is 0.545. The van der Waals surface area contributed by atoms with Crippen LogP contribution in [0.1, 0.15) is 19.4 Å². The number of aromatic nitrogens is 2. The predicted octanol–water partition coefficient (Wildman–Crippen LogP) is 0.377. The molecule has 2 rings (SSSR count). The second kappa shape index (κ2) is 4.57. The molecule has 2 heterocycles. The highest BCUT2D eigenvalue weighted by Gasteiger charge is 2.33. The summed E-state index contributed by atoms with van der Waals surface area (Å²) in [5.74, 6) is -1.33. The molecule has 1 fully saturated rings. The van der Waals surface area contributed by atoms with Crippen LogP contribution in [0.2, 0.25) is 0 Å². The molecule has 1 amide bonds. The van der Waals surface area contributed by atoms with E-state index in [0.717, 1.165) is 0 Å². The van der Waals surface area contributed by atoms with Crippen LogP contribution in [0.15, 0.2) is 18.5 Å². The molecule has 0 aliphatic carbocycles. The van der Waals surface area contributed by atoms with Crippen molar-refractivity contribution in [2.75, 3.05) is 13.1 Å². The Morgan fingerprint density at radius 1 is 1.53 bits per heavy atom. The summed E-state index contributed by atoms with van der Waals surface area (Å²) < 4.78 is 1.58. The fourth-order valence-electron chi connectivity index (χ4n) is 2.05. The van der Waals surface area contributed by atoms with Crippen LogP contribution in [0.4, 0.5) is 0 Å². The summed E-state index contributed by atoms with van der Waals surface area (Å²) in [5, 5.41) is 12.9. The first kappa shape index (κ1) is 11.6. The summed E-state index contributed by atoms with van der Waals surface area (Å²) in [6, 6.07) is 1.38. The Labute approximate surface area is 98.8 Å². The summed E-state index contributed by atoms with van der Waals surface area (Å²) in [6.07, 6.45) is 3.88. The van der Waals surface area contributed by atoms with E-state index in [4.69, 9.17) is 5.11 Å². The number of hydrogen-bond acceptors (Lipinski definition) is 3. The number of nitrogens with zero attached hydrogens (tertiary/aromatic N) is 3. The van der Waals surface area contributed by atoms with Crippen LogP contribution >= 0.6 is 0 Å². The molecule has 2 atom stereocenters. The minimum Gasteiger partial charge on any atom is -0.481 e. The number of rotatable bonds is 3. The van der Waals surface area contributed by atoms with Gasteiger partial charge in [0.2, 0.25) is 5.91 Å². The van der Waals surface area contributed by atoms with Gasteiger partial charge >= 0.3 is 5.97 Å². The van der Waals surface area contributed by atoms with Gasteiger partial charge in [-0.05, 0) is 19.4 Å². The molecule has 0 aromatic carbocycles. The molecule has 1 aliphatic rings. The summed E-state index contributed by atoms with van der Waals surface area (Å²) in [5.41, 5.74) is 0. The van der Waals surface area contributed by atoms with E-state index >= 15 is 0 Å². The van der Waals surface area contributed by atoms with Crippen LogP contribution < -0.4 is 0 Å². The van der Waals surface area contributed by atoms with Gasteiger partial charge in [0.25, 0.3) is 0 Å². The number of carboxylic acid groups (broad SMARTS) is 1. The van der Waals surface area contributed by atoms with Crippen molar-refractivity contribution in [2.24, 2.45) is 5.92 Å². The molecule has 17 heavy (non-hydrogen) atoms. The maximum atomic E-state index is 12.1. The lowest BCUT2D eigenvalue weighted by Crippen LogP contribution is -2.35. The van der Waals surface area contributed by atoms with E-state index in [9.17, 15) is 9.59 Å². The van der Waals surface area contributed by atoms with Crippen molar-refractivity contribution >= 4 is 11.9 Å². The van der Waals surface area contributed by atoms with Gasteiger partial charge in [0.05, 0.1) is 5.92 Å². The first-order valence-corrected chi connectivity index (χ1v) is 5.60. The first-order chi connectivity index (χ1) is 8.09. The summed E-state index contributed by atoms with van der Waals surface area (Å²) in [4.78, 5) is 24.5. The highest BCUT2D eigenvalue weighted by molar-refractivity contribution is 5.81. The van der Waals surface area contributed by atoms with Crippen LogP contribution in [0.25, 0.3) is 0 Å². The minimum atomic E-state index is -0.827. The normalized spacial score (nSPS) is 21.5. The Bertz CT molecular complexity index is 416. The number of aliphatic carboxylic acids is 1. The molecule has 1 saturated heterocycles. The topological polar surface area (TPSA) is 75.4 Å². The van der Waals surface area contributed by atoms with E-state index in [0.29, 0.717) is 19.5 Å². The van der Waals surface area contributed by atoms with Crippen molar-refractivity contribution in [1.82, 2.24) is 14.7 Å². The number of likely N-dealkylation sites (tertiary alicyclic amines) is 1.